The van der Waals surface area contributed by atoms with Crippen molar-refractivity contribution in [3.63, 3.8) is 0 Å². The van der Waals surface area contributed by atoms with Crippen molar-refractivity contribution in [3.8, 4) is 11.8 Å². The van der Waals surface area contributed by atoms with Crippen LogP contribution in [0.15, 0.2) is 18.2 Å². The number of nitrogens with zero attached hydrogens (tertiary/aromatic N) is 1. The van der Waals surface area contributed by atoms with Crippen LogP contribution >= 0.6 is 0 Å². The first-order chi connectivity index (χ1) is 10.1. The van der Waals surface area contributed by atoms with Gasteiger partial charge in [0, 0.05) is 24.7 Å². The molecule has 0 amide bonds. The minimum absolute atomic E-state index is 0.000400. The summed E-state index contributed by atoms with van der Waals surface area (Å²) in [5.41, 5.74) is 6.83. The first kappa shape index (κ1) is 15.9. The maximum Gasteiger partial charge on any atom is 0.124 e. The predicted octanol–water partition coefficient (Wildman–Crippen LogP) is 0.717. The molecule has 21 heavy (non-hydrogen) atoms. The summed E-state index contributed by atoms with van der Waals surface area (Å²) in [6, 6.07) is 5.03. The van der Waals surface area contributed by atoms with Gasteiger partial charge in [0.25, 0.3) is 0 Å². The first-order valence-corrected chi connectivity index (χ1v) is 7.07. The highest BCUT2D eigenvalue weighted by atomic mass is 19.1. The van der Waals surface area contributed by atoms with Gasteiger partial charge >= 0.3 is 0 Å². The van der Waals surface area contributed by atoms with Crippen LogP contribution in [0.5, 0.6) is 0 Å². The Balaban J connectivity index is 2.12. The standard InChI is InChI=1S/C16H21FN2O2/c1-12-11-21-16(10-20)9-19(12)8-14-5-13(3-2-4-18)6-15(17)7-14/h5-7,12,16,20H,4,8-11,18H2,1H3. The summed E-state index contributed by atoms with van der Waals surface area (Å²) in [5.74, 6) is 5.29. The summed E-state index contributed by atoms with van der Waals surface area (Å²) in [5, 5.41) is 9.20. The Bertz CT molecular complexity index is 539. The molecule has 1 heterocycles. The first-order valence-electron chi connectivity index (χ1n) is 7.07. The number of nitrogens with two attached hydrogens (primary N) is 1. The molecule has 0 saturated carbocycles. The maximum atomic E-state index is 13.7. The van der Waals surface area contributed by atoms with Crippen LogP contribution in [0.1, 0.15) is 18.1 Å². The zero-order valence-corrected chi connectivity index (χ0v) is 12.2. The number of benzene rings is 1. The molecule has 0 aromatic heterocycles. The summed E-state index contributed by atoms with van der Waals surface area (Å²) in [6.07, 6.45) is -0.175. The predicted molar refractivity (Wildman–Crippen MR) is 79.0 cm³/mol. The lowest BCUT2D eigenvalue weighted by Crippen LogP contribution is -2.48. The zero-order chi connectivity index (χ0) is 15.2. The van der Waals surface area contributed by atoms with Crippen molar-refractivity contribution in [3.05, 3.63) is 35.1 Å². The normalized spacial score (nSPS) is 22.7. The summed E-state index contributed by atoms with van der Waals surface area (Å²) in [4.78, 5) is 2.18. The average Bonchev–Trinajstić information content (AvgIpc) is 2.47. The van der Waals surface area contributed by atoms with E-state index < -0.39 is 0 Å². The summed E-state index contributed by atoms with van der Waals surface area (Å²) in [6.45, 7) is 4.13. The second-order valence-corrected chi connectivity index (χ2v) is 5.27. The van der Waals surface area contributed by atoms with Gasteiger partial charge < -0.3 is 15.6 Å². The number of ether oxygens (including phenoxy) is 1. The van der Waals surface area contributed by atoms with Gasteiger partial charge in [0.15, 0.2) is 0 Å². The number of halogens is 1. The smallest absolute Gasteiger partial charge is 0.124 e. The van der Waals surface area contributed by atoms with Crippen LogP contribution in [0.2, 0.25) is 0 Å². The Morgan fingerprint density at radius 2 is 2.29 bits per heavy atom. The molecule has 1 saturated heterocycles. The molecule has 0 spiro atoms. The maximum absolute atomic E-state index is 13.7. The number of morpholine rings is 1. The minimum Gasteiger partial charge on any atom is -0.394 e. The molecular weight excluding hydrogens is 271 g/mol. The van der Waals surface area contributed by atoms with E-state index in [9.17, 15) is 9.50 Å². The molecule has 2 atom stereocenters. The van der Waals surface area contributed by atoms with Crippen LogP contribution < -0.4 is 5.73 Å². The average molecular weight is 292 g/mol. The van der Waals surface area contributed by atoms with Crippen molar-refractivity contribution >= 4 is 0 Å². The number of hydrogen-bond donors (Lipinski definition) is 2. The van der Waals surface area contributed by atoms with E-state index in [1.165, 1.54) is 12.1 Å². The quantitative estimate of drug-likeness (QED) is 0.806. The van der Waals surface area contributed by atoms with Crippen LogP contribution in [0.4, 0.5) is 4.39 Å². The van der Waals surface area contributed by atoms with Crippen molar-refractivity contribution in [1.29, 1.82) is 0 Å². The third kappa shape index (κ3) is 4.51. The van der Waals surface area contributed by atoms with Gasteiger partial charge in [-0.2, -0.15) is 0 Å². The fraction of sp³-hybridized carbons (Fsp3) is 0.500. The Morgan fingerprint density at radius 3 is 3.00 bits per heavy atom. The number of rotatable bonds is 3. The molecule has 2 unspecified atom stereocenters. The molecular formula is C16H21FN2O2. The number of aliphatic hydroxyl groups is 1. The SMILES string of the molecule is CC1COC(CO)CN1Cc1cc(F)cc(C#CCN)c1. The Kier molecular flexibility index (Phi) is 5.71. The lowest BCUT2D eigenvalue weighted by atomic mass is 10.1. The summed E-state index contributed by atoms with van der Waals surface area (Å²) >= 11 is 0. The lowest BCUT2D eigenvalue weighted by molar-refractivity contribution is -0.0805. The van der Waals surface area contributed by atoms with Gasteiger partial charge in [-0.3, -0.25) is 4.90 Å². The molecule has 1 fully saturated rings. The van der Waals surface area contributed by atoms with Crippen LogP contribution in [-0.4, -0.2) is 48.5 Å². The summed E-state index contributed by atoms with van der Waals surface area (Å²) < 4.78 is 19.2. The van der Waals surface area contributed by atoms with Gasteiger partial charge in [0.1, 0.15) is 5.82 Å². The second-order valence-electron chi connectivity index (χ2n) is 5.27. The number of aliphatic hydroxyl groups excluding tert-OH is 1. The highest BCUT2D eigenvalue weighted by Crippen LogP contribution is 2.17. The van der Waals surface area contributed by atoms with Gasteiger partial charge in [-0.05, 0) is 30.7 Å². The second kappa shape index (κ2) is 7.53. The molecule has 1 aromatic rings. The van der Waals surface area contributed by atoms with E-state index in [4.69, 9.17) is 10.5 Å². The van der Waals surface area contributed by atoms with Crippen molar-refractivity contribution in [2.24, 2.45) is 5.73 Å². The molecule has 114 valence electrons. The largest absolute Gasteiger partial charge is 0.394 e. The van der Waals surface area contributed by atoms with E-state index in [0.717, 1.165) is 5.56 Å². The van der Waals surface area contributed by atoms with E-state index in [0.29, 0.717) is 25.3 Å². The molecule has 0 aliphatic carbocycles. The van der Waals surface area contributed by atoms with Gasteiger partial charge in [-0.25, -0.2) is 4.39 Å². The molecule has 0 bridgehead atoms. The van der Waals surface area contributed by atoms with E-state index in [1.807, 2.05) is 6.07 Å². The van der Waals surface area contributed by atoms with Crippen LogP contribution in [0, 0.1) is 17.7 Å². The van der Waals surface area contributed by atoms with E-state index >= 15 is 0 Å². The highest BCUT2D eigenvalue weighted by Gasteiger charge is 2.25. The summed E-state index contributed by atoms with van der Waals surface area (Å²) in [7, 11) is 0. The zero-order valence-electron chi connectivity index (χ0n) is 12.2. The molecule has 1 aromatic carbocycles. The fourth-order valence-electron chi connectivity index (χ4n) is 2.41. The fourth-order valence-corrected chi connectivity index (χ4v) is 2.41. The molecule has 3 N–H and O–H groups in total. The molecule has 2 rings (SSSR count). The Morgan fingerprint density at radius 1 is 1.48 bits per heavy atom. The third-order valence-electron chi connectivity index (χ3n) is 3.52. The van der Waals surface area contributed by atoms with Crippen molar-refractivity contribution in [2.75, 3.05) is 26.3 Å². The van der Waals surface area contributed by atoms with Gasteiger partial charge in [-0.15, -0.1) is 0 Å². The lowest BCUT2D eigenvalue weighted by Gasteiger charge is -2.37. The van der Waals surface area contributed by atoms with Gasteiger partial charge in [-0.1, -0.05) is 11.8 Å². The monoisotopic (exact) mass is 292 g/mol. The van der Waals surface area contributed by atoms with E-state index in [1.54, 1.807) is 0 Å². The topological polar surface area (TPSA) is 58.7 Å². The van der Waals surface area contributed by atoms with Gasteiger partial charge in [0.2, 0.25) is 0 Å². The molecule has 4 nitrogen and oxygen atoms in total. The van der Waals surface area contributed by atoms with E-state index in [-0.39, 0.29) is 31.1 Å². The van der Waals surface area contributed by atoms with Crippen molar-refractivity contribution in [2.45, 2.75) is 25.6 Å². The van der Waals surface area contributed by atoms with Crippen molar-refractivity contribution in [1.82, 2.24) is 4.90 Å². The Hall–Kier alpha value is -1.45. The molecule has 5 heteroatoms. The highest BCUT2D eigenvalue weighted by molar-refractivity contribution is 5.38. The molecule has 1 aliphatic rings. The third-order valence-corrected chi connectivity index (χ3v) is 3.52. The van der Waals surface area contributed by atoms with Crippen molar-refractivity contribution < 1.29 is 14.2 Å². The van der Waals surface area contributed by atoms with E-state index in [2.05, 4.69) is 23.7 Å². The van der Waals surface area contributed by atoms with Crippen LogP contribution in [-0.2, 0) is 11.3 Å². The van der Waals surface area contributed by atoms with Gasteiger partial charge in [0.05, 0.1) is 25.9 Å². The Labute approximate surface area is 124 Å². The molecule has 1 aliphatic heterocycles. The molecule has 0 radical (unpaired) electrons. The van der Waals surface area contributed by atoms with Crippen LogP contribution in [0.25, 0.3) is 0 Å². The minimum atomic E-state index is -0.298. The van der Waals surface area contributed by atoms with Crippen LogP contribution in [0.3, 0.4) is 0 Å². The number of hydrogen-bond acceptors (Lipinski definition) is 4.